The van der Waals surface area contributed by atoms with E-state index in [4.69, 9.17) is 9.15 Å². The van der Waals surface area contributed by atoms with E-state index in [0.29, 0.717) is 16.7 Å². The number of fused-ring (bicyclic) bond motifs is 1. The Morgan fingerprint density at radius 1 is 1.00 bits per heavy atom. The van der Waals surface area contributed by atoms with Gasteiger partial charge in [0.15, 0.2) is 5.76 Å². The van der Waals surface area contributed by atoms with Gasteiger partial charge in [-0.1, -0.05) is 54.1 Å². The summed E-state index contributed by atoms with van der Waals surface area (Å²) in [5, 5.41) is 12.9. The average Bonchev–Trinajstić information content (AvgIpc) is 3.22. The number of aliphatic carboxylic acids is 1. The number of carboxylic acid groups (broad SMARTS) is 1. The van der Waals surface area contributed by atoms with Crippen LogP contribution in [-0.4, -0.2) is 30.1 Å². The van der Waals surface area contributed by atoms with Crippen LogP contribution < -0.4 is 10.1 Å². The molecule has 0 aliphatic heterocycles. The SMILES string of the molecule is COc1ccc2oc(C(=O)N[C@@H](Cc3ccc(-c4cccc(C)c4)cc3)C(=O)O)cc2c1. The van der Waals surface area contributed by atoms with Crippen LogP contribution in [0.2, 0.25) is 0 Å². The van der Waals surface area contributed by atoms with Crippen LogP contribution in [0.3, 0.4) is 0 Å². The van der Waals surface area contributed by atoms with Gasteiger partial charge in [0.1, 0.15) is 17.4 Å². The second-order valence-corrected chi connectivity index (χ2v) is 7.65. The molecule has 0 unspecified atom stereocenters. The number of carbonyl (C=O) groups is 2. The fourth-order valence-corrected chi connectivity index (χ4v) is 3.58. The molecule has 0 saturated heterocycles. The molecule has 2 N–H and O–H groups in total. The van der Waals surface area contributed by atoms with Crippen LogP contribution in [0.1, 0.15) is 21.7 Å². The Labute approximate surface area is 185 Å². The highest BCUT2D eigenvalue weighted by molar-refractivity contribution is 5.98. The maximum absolute atomic E-state index is 12.6. The van der Waals surface area contributed by atoms with E-state index in [1.807, 2.05) is 49.4 Å². The summed E-state index contributed by atoms with van der Waals surface area (Å²) < 4.78 is 10.8. The lowest BCUT2D eigenvalue weighted by Crippen LogP contribution is -2.42. The minimum atomic E-state index is -1.11. The van der Waals surface area contributed by atoms with Gasteiger partial charge in [-0.2, -0.15) is 0 Å². The van der Waals surface area contributed by atoms with Crippen molar-refractivity contribution < 1.29 is 23.8 Å². The van der Waals surface area contributed by atoms with Gasteiger partial charge in [-0.05, 0) is 47.9 Å². The van der Waals surface area contributed by atoms with Gasteiger partial charge in [-0.15, -0.1) is 0 Å². The quantitative estimate of drug-likeness (QED) is 0.439. The van der Waals surface area contributed by atoms with E-state index in [2.05, 4.69) is 11.4 Å². The van der Waals surface area contributed by atoms with Gasteiger partial charge in [0.05, 0.1) is 7.11 Å². The Balaban J connectivity index is 1.48. The highest BCUT2D eigenvalue weighted by Gasteiger charge is 2.23. The summed E-state index contributed by atoms with van der Waals surface area (Å²) in [4.78, 5) is 24.4. The molecule has 1 atom stereocenters. The molecule has 1 aromatic heterocycles. The lowest BCUT2D eigenvalue weighted by Gasteiger charge is -2.14. The molecule has 0 radical (unpaired) electrons. The molecule has 0 spiro atoms. The molecular weight excluding hydrogens is 406 g/mol. The van der Waals surface area contributed by atoms with Gasteiger partial charge >= 0.3 is 5.97 Å². The Morgan fingerprint density at radius 3 is 2.47 bits per heavy atom. The predicted octanol–water partition coefficient (Wildman–Crippen LogP) is 4.84. The minimum absolute atomic E-state index is 0.0503. The fraction of sp³-hybridized carbons (Fsp3) is 0.154. The first kappa shape index (κ1) is 21.2. The van der Waals surface area contributed by atoms with Crippen molar-refractivity contribution in [1.82, 2.24) is 5.32 Å². The van der Waals surface area contributed by atoms with E-state index < -0.39 is 17.9 Å². The minimum Gasteiger partial charge on any atom is -0.497 e. The summed E-state index contributed by atoms with van der Waals surface area (Å²) in [6, 6.07) is 21.5. The number of carbonyl (C=O) groups excluding carboxylic acids is 1. The normalized spacial score (nSPS) is 11.8. The van der Waals surface area contributed by atoms with Gasteiger partial charge in [-0.25, -0.2) is 4.79 Å². The van der Waals surface area contributed by atoms with Crippen LogP contribution in [0, 0.1) is 6.92 Å². The summed E-state index contributed by atoms with van der Waals surface area (Å²) >= 11 is 0. The molecule has 162 valence electrons. The topological polar surface area (TPSA) is 88.8 Å². The molecule has 4 aromatic rings. The molecule has 0 saturated carbocycles. The van der Waals surface area contributed by atoms with E-state index in [1.54, 1.807) is 31.4 Å². The molecule has 4 rings (SSSR count). The van der Waals surface area contributed by atoms with Crippen molar-refractivity contribution in [3.05, 3.63) is 89.7 Å². The molecule has 6 nitrogen and oxygen atoms in total. The van der Waals surface area contributed by atoms with Gasteiger partial charge in [-0.3, -0.25) is 4.79 Å². The van der Waals surface area contributed by atoms with Crippen LogP contribution in [0.25, 0.3) is 22.1 Å². The number of aryl methyl sites for hydroxylation is 1. The van der Waals surface area contributed by atoms with Crippen molar-refractivity contribution in [2.45, 2.75) is 19.4 Å². The Hall–Kier alpha value is -4.06. The van der Waals surface area contributed by atoms with Crippen LogP contribution >= 0.6 is 0 Å². The number of nitrogens with one attached hydrogen (secondary N) is 1. The zero-order chi connectivity index (χ0) is 22.7. The Morgan fingerprint density at radius 2 is 1.78 bits per heavy atom. The predicted molar refractivity (Wildman–Crippen MR) is 122 cm³/mol. The number of carboxylic acids is 1. The van der Waals surface area contributed by atoms with Crippen LogP contribution in [0.4, 0.5) is 0 Å². The third-order valence-corrected chi connectivity index (χ3v) is 5.30. The van der Waals surface area contributed by atoms with Gasteiger partial charge < -0.3 is 19.6 Å². The number of furan rings is 1. The molecule has 32 heavy (non-hydrogen) atoms. The number of ether oxygens (including phenoxy) is 1. The van der Waals surface area contributed by atoms with E-state index in [1.165, 1.54) is 5.56 Å². The van der Waals surface area contributed by atoms with Crippen LogP contribution in [0.5, 0.6) is 5.75 Å². The number of hydrogen-bond acceptors (Lipinski definition) is 4. The summed E-state index contributed by atoms with van der Waals surface area (Å²) in [5.74, 6) is -1.00. The first-order chi connectivity index (χ1) is 15.4. The second kappa shape index (κ2) is 8.98. The summed E-state index contributed by atoms with van der Waals surface area (Å²) in [6.07, 6.45) is 0.156. The monoisotopic (exact) mass is 429 g/mol. The third kappa shape index (κ3) is 4.64. The van der Waals surface area contributed by atoms with Crippen molar-refractivity contribution in [2.24, 2.45) is 0 Å². The number of rotatable bonds is 7. The highest BCUT2D eigenvalue weighted by Crippen LogP contribution is 2.25. The maximum Gasteiger partial charge on any atom is 0.326 e. The first-order valence-electron chi connectivity index (χ1n) is 10.2. The van der Waals surface area contributed by atoms with Gasteiger partial charge in [0.25, 0.3) is 5.91 Å². The lowest BCUT2D eigenvalue weighted by atomic mass is 9.99. The average molecular weight is 429 g/mol. The standard InChI is InChI=1S/C26H23NO5/c1-16-4-3-5-19(12-16)18-8-6-17(7-9-18)13-22(26(29)30)27-25(28)24-15-20-14-21(31-2)10-11-23(20)32-24/h3-12,14-15,22H,13H2,1-2H3,(H,27,28)(H,29,30)/t22-/m0/s1. The fourth-order valence-electron chi connectivity index (χ4n) is 3.58. The lowest BCUT2D eigenvalue weighted by molar-refractivity contribution is -0.139. The molecule has 0 aliphatic rings. The largest absolute Gasteiger partial charge is 0.497 e. The number of hydrogen-bond donors (Lipinski definition) is 2. The van der Waals surface area contributed by atoms with Crippen molar-refractivity contribution in [3.63, 3.8) is 0 Å². The molecule has 0 fully saturated rings. The van der Waals surface area contributed by atoms with Gasteiger partial charge in [0, 0.05) is 11.8 Å². The number of benzene rings is 3. The van der Waals surface area contributed by atoms with Crippen LogP contribution in [-0.2, 0) is 11.2 Å². The summed E-state index contributed by atoms with van der Waals surface area (Å²) in [5.41, 5.74) is 4.65. The highest BCUT2D eigenvalue weighted by atomic mass is 16.5. The summed E-state index contributed by atoms with van der Waals surface area (Å²) in [7, 11) is 1.56. The van der Waals surface area contributed by atoms with E-state index in [0.717, 1.165) is 16.7 Å². The molecule has 1 heterocycles. The Bertz CT molecular complexity index is 1270. The second-order valence-electron chi connectivity index (χ2n) is 7.65. The molecule has 0 aliphatic carbocycles. The van der Waals surface area contributed by atoms with E-state index in [-0.39, 0.29) is 12.2 Å². The van der Waals surface area contributed by atoms with Crippen molar-refractivity contribution in [1.29, 1.82) is 0 Å². The van der Waals surface area contributed by atoms with E-state index >= 15 is 0 Å². The Kier molecular flexibility index (Phi) is 5.94. The smallest absolute Gasteiger partial charge is 0.326 e. The third-order valence-electron chi connectivity index (χ3n) is 5.30. The molecule has 1 amide bonds. The van der Waals surface area contributed by atoms with Crippen molar-refractivity contribution >= 4 is 22.8 Å². The van der Waals surface area contributed by atoms with Gasteiger partial charge in [0.2, 0.25) is 0 Å². The number of amides is 1. The summed E-state index contributed by atoms with van der Waals surface area (Å²) in [6.45, 7) is 2.04. The molecule has 6 heteroatoms. The van der Waals surface area contributed by atoms with Crippen molar-refractivity contribution in [3.8, 4) is 16.9 Å². The molecule has 3 aromatic carbocycles. The maximum atomic E-state index is 12.6. The van der Waals surface area contributed by atoms with Crippen LogP contribution in [0.15, 0.2) is 77.2 Å². The molecular formula is C26H23NO5. The van der Waals surface area contributed by atoms with Crippen molar-refractivity contribution in [2.75, 3.05) is 7.11 Å². The first-order valence-corrected chi connectivity index (χ1v) is 10.2. The molecule has 0 bridgehead atoms. The zero-order valence-corrected chi connectivity index (χ0v) is 17.8. The number of methoxy groups -OCH3 is 1. The zero-order valence-electron chi connectivity index (χ0n) is 17.8. The van der Waals surface area contributed by atoms with E-state index in [9.17, 15) is 14.7 Å².